The fourth-order valence-electron chi connectivity index (χ4n) is 4.56. The van der Waals surface area contributed by atoms with E-state index < -0.39 is 10.0 Å². The Hall–Kier alpha value is -3.69. The molecule has 1 saturated heterocycles. The van der Waals surface area contributed by atoms with Crippen molar-refractivity contribution in [3.05, 3.63) is 79.1 Å². The minimum absolute atomic E-state index is 0.326. The molecule has 1 fully saturated rings. The number of benzene rings is 2. The van der Waals surface area contributed by atoms with Gasteiger partial charge in [-0.1, -0.05) is 36.9 Å². The molecule has 1 aliphatic rings. The van der Waals surface area contributed by atoms with Crippen molar-refractivity contribution in [3.63, 3.8) is 0 Å². The number of hydrogen-bond donors (Lipinski definition) is 1. The summed E-state index contributed by atoms with van der Waals surface area (Å²) >= 11 is 0. The van der Waals surface area contributed by atoms with E-state index in [9.17, 15) is 8.42 Å². The van der Waals surface area contributed by atoms with Crippen LogP contribution in [0.25, 0.3) is 22.2 Å². The van der Waals surface area contributed by atoms with Gasteiger partial charge in [0.2, 0.25) is 10.0 Å². The minimum atomic E-state index is -3.37. The topological polar surface area (TPSA) is 103 Å². The molecule has 0 amide bonds. The maximum absolute atomic E-state index is 12.1. The van der Waals surface area contributed by atoms with Crippen LogP contribution in [0.3, 0.4) is 0 Å². The van der Waals surface area contributed by atoms with Gasteiger partial charge in [-0.2, -0.15) is 4.31 Å². The molecule has 0 saturated carbocycles. The number of para-hydroxylation sites is 1. The van der Waals surface area contributed by atoms with Gasteiger partial charge >= 0.3 is 0 Å². The first-order chi connectivity index (χ1) is 16.9. The van der Waals surface area contributed by atoms with Crippen LogP contribution in [0.15, 0.2) is 79.1 Å². The van der Waals surface area contributed by atoms with Crippen LogP contribution in [0.1, 0.15) is 12.8 Å². The zero-order chi connectivity index (χ0) is 24.4. The second-order valence-corrected chi connectivity index (χ2v) is 10.5. The van der Waals surface area contributed by atoms with Crippen LogP contribution in [-0.2, 0) is 16.6 Å². The molecule has 180 valence electrons. The van der Waals surface area contributed by atoms with Crippen LogP contribution >= 0.6 is 0 Å². The first kappa shape index (κ1) is 23.1. The predicted octanol–water partition coefficient (Wildman–Crippen LogP) is 4.66. The van der Waals surface area contributed by atoms with E-state index in [1.54, 1.807) is 0 Å². The summed E-state index contributed by atoms with van der Waals surface area (Å²) < 4.78 is 33.7. The van der Waals surface area contributed by atoms with Crippen molar-refractivity contribution in [3.8, 4) is 22.6 Å². The Balaban J connectivity index is 1.39. The summed E-state index contributed by atoms with van der Waals surface area (Å²) in [6.07, 6.45) is 5.09. The van der Waals surface area contributed by atoms with E-state index >= 15 is 0 Å². The van der Waals surface area contributed by atoms with Crippen LogP contribution in [0.4, 0.5) is 5.82 Å². The number of piperidine rings is 1. The van der Waals surface area contributed by atoms with Crippen molar-refractivity contribution in [1.29, 1.82) is 0 Å². The van der Waals surface area contributed by atoms with E-state index in [2.05, 4.69) is 27.3 Å². The van der Waals surface area contributed by atoms with Gasteiger partial charge in [0.25, 0.3) is 0 Å². The Morgan fingerprint density at radius 2 is 1.71 bits per heavy atom. The predicted molar refractivity (Wildman–Crippen MR) is 137 cm³/mol. The first-order valence-electron chi connectivity index (χ1n) is 11.5. The SMILES string of the molecule is C=CS(=O)(=O)N1CCC(Cn2cc(-c3ccc(Oc4ccccc4)cc3)c3c(N)ncnc32)CC1. The maximum Gasteiger partial charge on any atom is 0.235 e. The molecule has 8 nitrogen and oxygen atoms in total. The zero-order valence-corrected chi connectivity index (χ0v) is 20.1. The number of nitrogens with zero attached hydrogens (tertiary/aromatic N) is 4. The molecule has 0 spiro atoms. The highest BCUT2D eigenvalue weighted by Gasteiger charge is 2.27. The van der Waals surface area contributed by atoms with Gasteiger partial charge in [0.15, 0.2) is 0 Å². The molecule has 0 aliphatic carbocycles. The molecule has 35 heavy (non-hydrogen) atoms. The summed E-state index contributed by atoms with van der Waals surface area (Å²) in [6, 6.07) is 17.5. The van der Waals surface area contributed by atoms with Crippen molar-refractivity contribution >= 4 is 26.9 Å². The van der Waals surface area contributed by atoms with Crippen molar-refractivity contribution < 1.29 is 13.2 Å². The summed E-state index contributed by atoms with van der Waals surface area (Å²) in [6.45, 7) is 5.14. The fourth-order valence-corrected chi connectivity index (χ4v) is 5.49. The Morgan fingerprint density at radius 1 is 1.03 bits per heavy atom. The van der Waals surface area contributed by atoms with Gasteiger partial charge in [-0.15, -0.1) is 0 Å². The Bertz CT molecular complexity index is 1440. The fraction of sp³-hybridized carbons (Fsp3) is 0.231. The molecule has 3 heterocycles. The molecular weight excluding hydrogens is 462 g/mol. The highest BCUT2D eigenvalue weighted by atomic mass is 32.2. The van der Waals surface area contributed by atoms with Crippen molar-refractivity contribution in [2.75, 3.05) is 18.8 Å². The second kappa shape index (κ2) is 9.52. The zero-order valence-electron chi connectivity index (χ0n) is 19.2. The quantitative estimate of drug-likeness (QED) is 0.405. The van der Waals surface area contributed by atoms with E-state index in [1.165, 1.54) is 10.6 Å². The number of rotatable bonds is 7. The number of aromatic nitrogens is 3. The van der Waals surface area contributed by atoms with E-state index in [4.69, 9.17) is 10.5 Å². The average Bonchev–Trinajstić information content (AvgIpc) is 3.25. The highest BCUT2D eigenvalue weighted by molar-refractivity contribution is 7.92. The van der Waals surface area contributed by atoms with Crippen LogP contribution in [-0.4, -0.2) is 40.3 Å². The van der Waals surface area contributed by atoms with Crippen LogP contribution in [0, 0.1) is 5.92 Å². The van der Waals surface area contributed by atoms with Crippen molar-refractivity contribution in [1.82, 2.24) is 18.8 Å². The number of sulfonamides is 1. The maximum atomic E-state index is 12.1. The summed E-state index contributed by atoms with van der Waals surface area (Å²) in [5.41, 5.74) is 9.00. The molecule has 0 bridgehead atoms. The van der Waals surface area contributed by atoms with Gasteiger partial charge in [0, 0.05) is 36.8 Å². The van der Waals surface area contributed by atoms with Crippen LogP contribution < -0.4 is 10.5 Å². The number of ether oxygens (including phenoxy) is 1. The molecular formula is C26H27N5O3S. The molecule has 2 aromatic carbocycles. The Kier molecular flexibility index (Phi) is 6.27. The molecule has 9 heteroatoms. The number of hydrogen-bond acceptors (Lipinski definition) is 6. The van der Waals surface area contributed by atoms with Gasteiger partial charge in [-0.3, -0.25) is 0 Å². The monoisotopic (exact) mass is 489 g/mol. The number of fused-ring (bicyclic) bond motifs is 1. The van der Waals surface area contributed by atoms with Gasteiger partial charge < -0.3 is 15.0 Å². The summed E-state index contributed by atoms with van der Waals surface area (Å²) in [7, 11) is -3.37. The lowest BCUT2D eigenvalue weighted by Crippen LogP contribution is -2.38. The molecule has 0 atom stereocenters. The highest BCUT2D eigenvalue weighted by Crippen LogP contribution is 2.35. The normalized spacial score (nSPS) is 15.3. The van der Waals surface area contributed by atoms with E-state index in [1.807, 2.05) is 54.6 Å². The average molecular weight is 490 g/mol. The molecule has 5 rings (SSSR count). The second-order valence-electron chi connectivity index (χ2n) is 8.65. The van der Waals surface area contributed by atoms with Gasteiger partial charge in [-0.25, -0.2) is 18.4 Å². The summed E-state index contributed by atoms with van der Waals surface area (Å²) in [5.74, 6) is 2.28. The Labute approximate surface area is 204 Å². The largest absolute Gasteiger partial charge is 0.457 e. The number of nitrogen functional groups attached to an aromatic ring is 1. The van der Waals surface area contributed by atoms with Crippen molar-refractivity contribution in [2.24, 2.45) is 5.92 Å². The van der Waals surface area contributed by atoms with Gasteiger partial charge in [0.1, 0.15) is 29.3 Å². The van der Waals surface area contributed by atoms with Crippen LogP contribution in [0.5, 0.6) is 11.5 Å². The molecule has 1 aliphatic heterocycles. The lowest BCUT2D eigenvalue weighted by molar-refractivity contribution is 0.256. The third-order valence-electron chi connectivity index (χ3n) is 6.43. The van der Waals surface area contributed by atoms with Gasteiger partial charge in [0.05, 0.1) is 5.39 Å². The lowest BCUT2D eigenvalue weighted by atomic mass is 9.98. The molecule has 2 aromatic heterocycles. The third kappa shape index (κ3) is 4.78. The van der Waals surface area contributed by atoms with Crippen LogP contribution in [0.2, 0.25) is 0 Å². The van der Waals surface area contributed by atoms with Gasteiger partial charge in [-0.05, 0) is 48.6 Å². The number of anilines is 1. The molecule has 0 radical (unpaired) electrons. The van der Waals surface area contributed by atoms with E-state index in [0.29, 0.717) is 24.8 Å². The summed E-state index contributed by atoms with van der Waals surface area (Å²) in [5, 5.41) is 1.84. The smallest absolute Gasteiger partial charge is 0.235 e. The molecule has 0 unspecified atom stereocenters. The first-order valence-corrected chi connectivity index (χ1v) is 13.0. The van der Waals surface area contributed by atoms with Crippen molar-refractivity contribution in [2.45, 2.75) is 19.4 Å². The van der Waals surface area contributed by atoms with E-state index in [-0.39, 0.29) is 0 Å². The lowest BCUT2D eigenvalue weighted by Gasteiger charge is -2.30. The number of nitrogens with two attached hydrogens (primary N) is 1. The minimum Gasteiger partial charge on any atom is -0.457 e. The molecule has 2 N–H and O–H groups in total. The standard InChI is InChI=1S/C26H27N5O3S/c1-2-35(32,33)31-14-12-19(13-15-31)16-30-17-23(24-25(27)28-18-29-26(24)30)20-8-10-22(11-9-20)34-21-6-4-3-5-7-21/h2-11,17-19H,1,12-16H2,(H2,27,28,29). The summed E-state index contributed by atoms with van der Waals surface area (Å²) in [4.78, 5) is 8.74. The molecule has 4 aromatic rings. The van der Waals surface area contributed by atoms with E-state index in [0.717, 1.165) is 58.5 Å². The third-order valence-corrected chi connectivity index (χ3v) is 7.93. The Morgan fingerprint density at radius 3 is 2.40 bits per heavy atom.